The second-order valence-electron chi connectivity index (χ2n) is 5.85. The van der Waals surface area contributed by atoms with Crippen molar-refractivity contribution in [1.29, 1.82) is 0 Å². The van der Waals surface area contributed by atoms with E-state index in [4.69, 9.17) is 27.6 Å². The van der Waals surface area contributed by atoms with Gasteiger partial charge in [0.05, 0.1) is 25.2 Å². The maximum Gasteiger partial charge on any atom is 0.197 e. The summed E-state index contributed by atoms with van der Waals surface area (Å²) in [5.74, 6) is -0.308. The SMILES string of the molecule is O=C1C(=Cc2cc3sc(-c4nccs4)cc3o2)C(=O)c2cc(Cl)c(Cl)cc21. The molecule has 1 aliphatic rings. The van der Waals surface area contributed by atoms with Crippen LogP contribution in [-0.4, -0.2) is 16.6 Å². The van der Waals surface area contributed by atoms with E-state index in [1.54, 1.807) is 28.9 Å². The Morgan fingerprint density at radius 3 is 2.30 bits per heavy atom. The number of benzene rings is 1. The van der Waals surface area contributed by atoms with E-state index >= 15 is 0 Å². The molecule has 0 aliphatic heterocycles. The molecule has 3 aromatic heterocycles. The third kappa shape index (κ3) is 2.68. The zero-order valence-electron chi connectivity index (χ0n) is 13.3. The molecule has 0 radical (unpaired) electrons. The van der Waals surface area contributed by atoms with Crippen LogP contribution in [0.5, 0.6) is 0 Å². The normalized spacial score (nSPS) is 13.6. The number of furan rings is 1. The maximum absolute atomic E-state index is 12.6. The number of thiophene rings is 1. The van der Waals surface area contributed by atoms with Crippen LogP contribution in [0.1, 0.15) is 26.5 Å². The van der Waals surface area contributed by atoms with Crippen molar-refractivity contribution in [2.45, 2.75) is 0 Å². The van der Waals surface area contributed by atoms with Crippen LogP contribution in [0.15, 0.2) is 45.8 Å². The van der Waals surface area contributed by atoms with Gasteiger partial charge < -0.3 is 4.42 Å². The van der Waals surface area contributed by atoms with Crippen LogP contribution in [0.4, 0.5) is 0 Å². The van der Waals surface area contributed by atoms with Crippen molar-refractivity contribution in [3.05, 3.63) is 68.3 Å². The molecule has 0 N–H and O–H groups in total. The Morgan fingerprint density at radius 1 is 1.00 bits per heavy atom. The lowest BCUT2D eigenvalue weighted by atomic mass is 10.1. The third-order valence-corrected chi connectivity index (χ3v) is 6.92. The van der Waals surface area contributed by atoms with Gasteiger partial charge in [-0.3, -0.25) is 9.59 Å². The number of ketones is 2. The fourth-order valence-electron chi connectivity index (χ4n) is 2.97. The summed E-state index contributed by atoms with van der Waals surface area (Å²) in [5.41, 5.74) is 1.27. The molecule has 1 aromatic carbocycles. The van der Waals surface area contributed by atoms with Crippen LogP contribution in [0, 0.1) is 0 Å². The van der Waals surface area contributed by atoms with Crippen molar-refractivity contribution in [3.63, 3.8) is 0 Å². The van der Waals surface area contributed by atoms with Crippen LogP contribution in [0.3, 0.4) is 0 Å². The molecule has 132 valence electrons. The van der Waals surface area contributed by atoms with Crippen LogP contribution in [0.2, 0.25) is 10.0 Å². The zero-order chi connectivity index (χ0) is 18.7. The second kappa shape index (κ2) is 6.14. The lowest BCUT2D eigenvalue weighted by Gasteiger charge is -1.98. The van der Waals surface area contributed by atoms with E-state index in [1.165, 1.54) is 18.2 Å². The highest BCUT2D eigenvalue weighted by molar-refractivity contribution is 7.25. The molecule has 4 nitrogen and oxygen atoms in total. The van der Waals surface area contributed by atoms with E-state index in [0.29, 0.717) is 11.3 Å². The van der Waals surface area contributed by atoms with Crippen LogP contribution >= 0.6 is 45.9 Å². The largest absolute Gasteiger partial charge is 0.456 e. The van der Waals surface area contributed by atoms with E-state index in [-0.39, 0.29) is 38.3 Å². The number of Topliss-reactive ketones (excluding diaryl/α,β-unsaturated/α-hetero) is 2. The second-order valence-corrected chi connectivity index (χ2v) is 8.65. The molecule has 4 aromatic rings. The quantitative estimate of drug-likeness (QED) is 0.272. The Morgan fingerprint density at radius 2 is 1.70 bits per heavy atom. The van der Waals surface area contributed by atoms with E-state index in [0.717, 1.165) is 14.6 Å². The van der Waals surface area contributed by atoms with Gasteiger partial charge in [-0.2, -0.15) is 0 Å². The topological polar surface area (TPSA) is 60.2 Å². The van der Waals surface area contributed by atoms with Crippen molar-refractivity contribution >= 4 is 73.8 Å². The van der Waals surface area contributed by atoms with E-state index in [9.17, 15) is 9.59 Å². The lowest BCUT2D eigenvalue weighted by Crippen LogP contribution is -1.99. The van der Waals surface area contributed by atoms with Gasteiger partial charge in [0.1, 0.15) is 16.4 Å². The summed E-state index contributed by atoms with van der Waals surface area (Å²) in [5, 5.41) is 3.33. The number of carbonyl (C=O) groups is 2. The van der Waals surface area contributed by atoms with Crippen molar-refractivity contribution in [2.75, 3.05) is 0 Å². The number of rotatable bonds is 2. The van der Waals surface area contributed by atoms with Crippen LogP contribution < -0.4 is 0 Å². The van der Waals surface area contributed by atoms with Crippen molar-refractivity contribution < 1.29 is 14.0 Å². The maximum atomic E-state index is 12.6. The smallest absolute Gasteiger partial charge is 0.197 e. The Kier molecular flexibility index (Phi) is 3.84. The van der Waals surface area contributed by atoms with Gasteiger partial charge in [0, 0.05) is 34.8 Å². The summed E-state index contributed by atoms with van der Waals surface area (Å²) >= 11 is 15.0. The number of thiazole rings is 1. The van der Waals surface area contributed by atoms with Gasteiger partial charge in [0.2, 0.25) is 0 Å². The summed E-state index contributed by atoms with van der Waals surface area (Å²) in [6, 6.07) is 6.59. The molecule has 8 heteroatoms. The number of nitrogens with zero attached hydrogens (tertiary/aromatic N) is 1. The first-order valence-electron chi connectivity index (χ1n) is 7.74. The van der Waals surface area contributed by atoms with Gasteiger partial charge >= 0.3 is 0 Å². The molecule has 0 amide bonds. The van der Waals surface area contributed by atoms with E-state index in [1.807, 2.05) is 17.5 Å². The van der Waals surface area contributed by atoms with E-state index in [2.05, 4.69) is 4.98 Å². The Labute approximate surface area is 170 Å². The Bertz CT molecular complexity index is 1210. The minimum atomic E-state index is -0.378. The number of carbonyl (C=O) groups excluding carboxylic acids is 2. The fraction of sp³-hybridized carbons (Fsp3) is 0. The van der Waals surface area contributed by atoms with E-state index < -0.39 is 0 Å². The lowest BCUT2D eigenvalue weighted by molar-refractivity contribution is 0.0990. The van der Waals surface area contributed by atoms with Gasteiger partial charge in [0.15, 0.2) is 11.6 Å². The molecule has 0 saturated carbocycles. The number of halogens is 2. The number of hydrogen-bond acceptors (Lipinski definition) is 6. The molecule has 27 heavy (non-hydrogen) atoms. The predicted molar refractivity (Wildman–Crippen MR) is 108 cm³/mol. The molecule has 5 rings (SSSR count). The number of hydrogen-bond donors (Lipinski definition) is 0. The summed E-state index contributed by atoms with van der Waals surface area (Å²) in [6.45, 7) is 0. The minimum absolute atomic E-state index is 0.0462. The van der Waals surface area contributed by atoms with Crippen LogP contribution in [0.25, 0.3) is 26.2 Å². The third-order valence-electron chi connectivity index (χ3n) is 4.19. The number of aromatic nitrogens is 1. The summed E-state index contributed by atoms with van der Waals surface area (Å²) in [7, 11) is 0. The van der Waals surface area contributed by atoms with Crippen molar-refractivity contribution in [2.24, 2.45) is 0 Å². The van der Waals surface area contributed by atoms with Crippen molar-refractivity contribution in [1.82, 2.24) is 4.98 Å². The standard InChI is InChI=1S/C19H7Cl2NO3S2/c20-12-5-9-10(6-13(12)21)18(24)11(17(9)23)3-8-4-15-14(25-8)7-16(27-15)19-22-1-2-26-19/h1-7H. The monoisotopic (exact) mass is 431 g/mol. The number of allylic oxidation sites excluding steroid dienone is 1. The Hall–Kier alpha value is -2.25. The first-order chi connectivity index (χ1) is 13.0. The van der Waals surface area contributed by atoms with Crippen molar-refractivity contribution in [3.8, 4) is 9.88 Å². The summed E-state index contributed by atoms with van der Waals surface area (Å²) in [6.07, 6.45) is 3.23. The zero-order valence-corrected chi connectivity index (χ0v) is 16.4. The van der Waals surface area contributed by atoms with Gasteiger partial charge in [-0.1, -0.05) is 23.2 Å². The highest BCUT2D eigenvalue weighted by Crippen LogP contribution is 2.38. The highest BCUT2D eigenvalue weighted by atomic mass is 35.5. The van der Waals surface area contributed by atoms with Gasteiger partial charge in [-0.15, -0.1) is 22.7 Å². The molecule has 0 atom stereocenters. The van der Waals surface area contributed by atoms with Gasteiger partial charge in [0.25, 0.3) is 0 Å². The van der Waals surface area contributed by atoms with Gasteiger partial charge in [-0.25, -0.2) is 4.98 Å². The highest BCUT2D eigenvalue weighted by Gasteiger charge is 2.34. The van der Waals surface area contributed by atoms with Crippen LogP contribution in [-0.2, 0) is 0 Å². The molecule has 0 unspecified atom stereocenters. The molecule has 0 saturated heterocycles. The van der Waals surface area contributed by atoms with Gasteiger partial charge in [-0.05, 0) is 18.2 Å². The Balaban J connectivity index is 1.54. The molecular formula is C19H7Cl2NO3S2. The first-order valence-corrected chi connectivity index (χ1v) is 10.2. The molecular weight excluding hydrogens is 425 g/mol. The first kappa shape index (κ1) is 16.9. The number of fused-ring (bicyclic) bond motifs is 2. The summed E-state index contributed by atoms with van der Waals surface area (Å²) in [4.78, 5) is 30.5. The average Bonchev–Trinajstić information content (AvgIpc) is 3.38. The minimum Gasteiger partial charge on any atom is -0.456 e. The average molecular weight is 432 g/mol. The predicted octanol–water partition coefficient (Wildman–Crippen LogP) is 6.39. The molecule has 1 aliphatic carbocycles. The summed E-state index contributed by atoms with van der Waals surface area (Å²) < 4.78 is 6.73. The molecule has 0 spiro atoms. The molecule has 3 heterocycles. The fourth-order valence-corrected chi connectivity index (χ4v) is 5.03. The molecule has 0 bridgehead atoms. The molecule has 0 fully saturated rings.